The van der Waals surface area contributed by atoms with E-state index in [4.69, 9.17) is 33.3 Å². The molecule has 3 aromatic rings. The molecule has 0 spiro atoms. The van der Waals surface area contributed by atoms with Crippen LogP contribution in [0.1, 0.15) is 20.0 Å². The van der Waals surface area contributed by atoms with Gasteiger partial charge in [0.1, 0.15) is 16.4 Å². The van der Waals surface area contributed by atoms with Gasteiger partial charge in [0, 0.05) is 15.6 Å². The number of thiophene rings is 1. The monoisotopic (exact) mass is 449 g/mol. The zero-order valence-corrected chi connectivity index (χ0v) is 17.8. The molecule has 0 aliphatic heterocycles. The summed E-state index contributed by atoms with van der Waals surface area (Å²) in [5.74, 6) is 0.401. The molecule has 7 nitrogen and oxygen atoms in total. The average molecular weight is 450 g/mol. The number of thiocarbonyl (C=S) groups is 1. The summed E-state index contributed by atoms with van der Waals surface area (Å²) in [6, 6.07) is 11.9. The Bertz CT molecular complexity index is 1080. The first kappa shape index (κ1) is 20.8. The standard InChI is InChI=1S/C19H16ClN3O4S2/c1-26-11-5-3-10(4-6-11)17(24)22-23-19(28)21-18(25)16-15(20)13-8-7-12(27-2)9-14(13)29-16/h3-9H,1-2H3,(H,22,24)(H2,21,23,25,28). The Balaban J connectivity index is 1.61. The zero-order chi connectivity index (χ0) is 21.0. The topological polar surface area (TPSA) is 88.7 Å². The van der Waals surface area contributed by atoms with Crippen LogP contribution in [-0.2, 0) is 0 Å². The van der Waals surface area contributed by atoms with E-state index in [0.717, 1.165) is 10.1 Å². The van der Waals surface area contributed by atoms with Gasteiger partial charge in [0.15, 0.2) is 5.11 Å². The molecule has 0 radical (unpaired) electrons. The summed E-state index contributed by atoms with van der Waals surface area (Å²) in [4.78, 5) is 24.9. The lowest BCUT2D eigenvalue weighted by atomic mass is 10.2. The molecule has 29 heavy (non-hydrogen) atoms. The number of carbonyl (C=O) groups excluding carboxylic acids is 2. The maximum absolute atomic E-state index is 12.5. The predicted octanol–water partition coefficient (Wildman–Crippen LogP) is 3.52. The minimum Gasteiger partial charge on any atom is -0.497 e. The van der Waals surface area contributed by atoms with Gasteiger partial charge in [-0.15, -0.1) is 11.3 Å². The van der Waals surface area contributed by atoms with Crippen LogP contribution >= 0.6 is 35.2 Å². The van der Waals surface area contributed by atoms with Crippen LogP contribution in [0.15, 0.2) is 42.5 Å². The van der Waals surface area contributed by atoms with E-state index in [1.54, 1.807) is 49.6 Å². The fourth-order valence-electron chi connectivity index (χ4n) is 2.44. The van der Waals surface area contributed by atoms with E-state index in [1.807, 2.05) is 0 Å². The highest BCUT2D eigenvalue weighted by molar-refractivity contribution is 7.80. The lowest BCUT2D eigenvalue weighted by molar-refractivity contribution is 0.0935. The molecule has 3 rings (SSSR count). The number of amides is 2. The maximum Gasteiger partial charge on any atom is 0.269 e. The van der Waals surface area contributed by atoms with Gasteiger partial charge in [0.2, 0.25) is 0 Å². The summed E-state index contributed by atoms with van der Waals surface area (Å²) in [6.45, 7) is 0. The number of rotatable bonds is 4. The van der Waals surface area contributed by atoms with E-state index in [9.17, 15) is 9.59 Å². The summed E-state index contributed by atoms with van der Waals surface area (Å²) in [5.41, 5.74) is 5.31. The molecule has 0 fully saturated rings. The lowest BCUT2D eigenvalue weighted by Gasteiger charge is -2.10. The first-order valence-electron chi connectivity index (χ1n) is 8.24. The molecule has 2 amide bonds. The minimum absolute atomic E-state index is 0.0667. The van der Waals surface area contributed by atoms with Gasteiger partial charge >= 0.3 is 0 Å². The third kappa shape index (κ3) is 4.76. The Kier molecular flexibility index (Phi) is 6.53. The van der Waals surface area contributed by atoms with E-state index in [2.05, 4.69) is 16.2 Å². The number of halogens is 1. The Labute approximate surface area is 180 Å². The van der Waals surface area contributed by atoms with E-state index in [0.29, 0.717) is 27.0 Å². The van der Waals surface area contributed by atoms with Crippen LogP contribution in [0.2, 0.25) is 5.02 Å². The number of methoxy groups -OCH3 is 2. The molecule has 0 aliphatic carbocycles. The third-order valence-electron chi connectivity index (χ3n) is 3.91. The molecule has 0 aliphatic rings. The highest BCUT2D eigenvalue weighted by Gasteiger charge is 2.18. The quantitative estimate of drug-likeness (QED) is 0.417. The van der Waals surface area contributed by atoms with Crippen molar-refractivity contribution in [3.63, 3.8) is 0 Å². The number of ether oxygens (including phenoxy) is 2. The molecule has 0 atom stereocenters. The van der Waals surface area contributed by atoms with Crippen molar-refractivity contribution in [1.29, 1.82) is 0 Å². The summed E-state index contributed by atoms with van der Waals surface area (Å²) >= 11 is 12.6. The number of benzene rings is 2. The van der Waals surface area contributed by atoms with Crippen molar-refractivity contribution >= 4 is 62.2 Å². The van der Waals surface area contributed by atoms with Crippen LogP contribution in [0.3, 0.4) is 0 Å². The minimum atomic E-state index is -0.480. The molecule has 10 heteroatoms. The maximum atomic E-state index is 12.5. The fourth-order valence-corrected chi connectivity index (χ4v) is 4.02. The molecule has 1 aromatic heterocycles. The first-order valence-corrected chi connectivity index (χ1v) is 9.85. The molecule has 3 N–H and O–H groups in total. The van der Waals surface area contributed by atoms with E-state index in [-0.39, 0.29) is 5.11 Å². The van der Waals surface area contributed by atoms with E-state index in [1.165, 1.54) is 18.4 Å². The van der Waals surface area contributed by atoms with Gasteiger partial charge in [-0.2, -0.15) is 0 Å². The van der Waals surface area contributed by atoms with Gasteiger partial charge in [0.05, 0.1) is 19.2 Å². The molecule has 0 saturated carbocycles. The van der Waals surface area contributed by atoms with Crippen LogP contribution in [0.5, 0.6) is 11.5 Å². The summed E-state index contributed by atoms with van der Waals surface area (Å²) in [5, 5.41) is 3.50. The second kappa shape index (κ2) is 9.08. The van der Waals surface area contributed by atoms with Crippen molar-refractivity contribution in [2.24, 2.45) is 0 Å². The molecule has 0 saturated heterocycles. The Morgan fingerprint density at radius 1 is 0.966 bits per heavy atom. The van der Waals surface area contributed by atoms with Crippen molar-refractivity contribution in [1.82, 2.24) is 16.2 Å². The average Bonchev–Trinajstić information content (AvgIpc) is 3.08. The number of hydrogen-bond donors (Lipinski definition) is 3. The van der Waals surface area contributed by atoms with Crippen LogP contribution in [0.4, 0.5) is 0 Å². The van der Waals surface area contributed by atoms with Crippen molar-refractivity contribution in [2.75, 3.05) is 14.2 Å². The third-order valence-corrected chi connectivity index (χ3v) is 5.77. The molecule has 2 aromatic carbocycles. The number of nitrogens with one attached hydrogen (secondary N) is 3. The molecule has 150 valence electrons. The van der Waals surface area contributed by atoms with Crippen LogP contribution < -0.4 is 25.6 Å². The van der Waals surface area contributed by atoms with Crippen LogP contribution in [0.25, 0.3) is 10.1 Å². The van der Waals surface area contributed by atoms with Gasteiger partial charge < -0.3 is 9.47 Å². The van der Waals surface area contributed by atoms with Gasteiger partial charge in [-0.25, -0.2) is 0 Å². The van der Waals surface area contributed by atoms with Gasteiger partial charge in [-0.1, -0.05) is 11.6 Å². The number of fused-ring (bicyclic) bond motifs is 1. The Hall–Kier alpha value is -2.88. The van der Waals surface area contributed by atoms with Crippen molar-refractivity contribution < 1.29 is 19.1 Å². The summed E-state index contributed by atoms with van der Waals surface area (Å²) in [6.07, 6.45) is 0. The Morgan fingerprint density at radius 2 is 1.62 bits per heavy atom. The normalized spacial score (nSPS) is 10.3. The smallest absolute Gasteiger partial charge is 0.269 e. The lowest BCUT2D eigenvalue weighted by Crippen LogP contribution is -2.48. The zero-order valence-electron chi connectivity index (χ0n) is 15.4. The van der Waals surface area contributed by atoms with E-state index >= 15 is 0 Å². The molecule has 0 bridgehead atoms. The number of hydrogen-bond acceptors (Lipinski definition) is 6. The van der Waals surface area contributed by atoms with Crippen LogP contribution in [-0.4, -0.2) is 31.1 Å². The fraction of sp³-hybridized carbons (Fsp3) is 0.105. The van der Waals surface area contributed by atoms with Gasteiger partial charge in [0.25, 0.3) is 11.8 Å². The second-order valence-electron chi connectivity index (χ2n) is 5.70. The number of carbonyl (C=O) groups is 2. The molecule has 0 unspecified atom stereocenters. The van der Waals surface area contributed by atoms with Gasteiger partial charge in [-0.05, 0) is 54.7 Å². The summed E-state index contributed by atoms with van der Waals surface area (Å²) in [7, 11) is 3.10. The predicted molar refractivity (Wildman–Crippen MR) is 117 cm³/mol. The summed E-state index contributed by atoms with van der Waals surface area (Å²) < 4.78 is 11.0. The first-order chi connectivity index (χ1) is 13.9. The molecular formula is C19H16ClN3O4S2. The van der Waals surface area contributed by atoms with Crippen molar-refractivity contribution in [3.05, 3.63) is 57.9 Å². The van der Waals surface area contributed by atoms with Crippen molar-refractivity contribution in [2.45, 2.75) is 0 Å². The van der Waals surface area contributed by atoms with Gasteiger partial charge in [-0.3, -0.25) is 25.8 Å². The highest BCUT2D eigenvalue weighted by Crippen LogP contribution is 2.37. The largest absolute Gasteiger partial charge is 0.497 e. The Morgan fingerprint density at radius 3 is 2.28 bits per heavy atom. The molecule has 1 heterocycles. The van der Waals surface area contributed by atoms with Crippen molar-refractivity contribution in [3.8, 4) is 11.5 Å². The number of hydrazine groups is 1. The van der Waals surface area contributed by atoms with E-state index < -0.39 is 11.8 Å². The van der Waals surface area contributed by atoms with Crippen LogP contribution in [0, 0.1) is 0 Å². The second-order valence-corrected chi connectivity index (χ2v) is 7.54. The SMILES string of the molecule is COc1ccc(C(=O)NNC(=S)NC(=O)c2sc3cc(OC)ccc3c2Cl)cc1. The highest BCUT2D eigenvalue weighted by atomic mass is 35.5. The molecular weight excluding hydrogens is 434 g/mol.